The molecule has 0 saturated carbocycles. The number of aliphatic imine (C=N–C) groups is 1. The van der Waals surface area contributed by atoms with Crippen molar-refractivity contribution in [1.82, 2.24) is 0 Å². The molecule has 0 unspecified atom stereocenters. The second-order valence-electron chi connectivity index (χ2n) is 5.32. The molecule has 3 rings (SSSR count). The van der Waals surface area contributed by atoms with Gasteiger partial charge in [-0.25, -0.2) is 18.6 Å². The average molecular weight is 313 g/mol. The lowest BCUT2D eigenvalue weighted by Crippen LogP contribution is -2.06. The minimum Gasteiger partial charge on any atom is -0.402 e. The van der Waals surface area contributed by atoms with Gasteiger partial charge in [0.25, 0.3) is 0 Å². The molecule has 0 amide bonds. The third kappa shape index (κ3) is 3.04. The van der Waals surface area contributed by atoms with Crippen molar-refractivity contribution < 1.29 is 18.3 Å². The zero-order valence-corrected chi connectivity index (χ0v) is 12.6. The van der Waals surface area contributed by atoms with Crippen LogP contribution < -0.4 is 0 Å². The molecule has 0 aromatic heterocycles. The number of rotatable bonds is 2. The van der Waals surface area contributed by atoms with E-state index in [1.54, 1.807) is 6.08 Å². The molecule has 1 aliphatic rings. The third-order valence-corrected chi connectivity index (χ3v) is 3.51. The van der Waals surface area contributed by atoms with Gasteiger partial charge in [0.15, 0.2) is 17.3 Å². The van der Waals surface area contributed by atoms with E-state index in [-0.39, 0.29) is 17.2 Å². The van der Waals surface area contributed by atoms with Gasteiger partial charge < -0.3 is 4.74 Å². The normalized spacial score (nSPS) is 15.7. The number of aryl methyl sites for hydroxylation is 2. The minimum atomic E-state index is -1.02. The van der Waals surface area contributed by atoms with Crippen LogP contribution in [0, 0.1) is 25.5 Å². The van der Waals surface area contributed by atoms with Crippen LogP contribution in [0.4, 0.5) is 8.78 Å². The van der Waals surface area contributed by atoms with Crippen LogP contribution in [0.2, 0.25) is 0 Å². The largest absolute Gasteiger partial charge is 0.402 e. The van der Waals surface area contributed by atoms with Crippen molar-refractivity contribution in [3.8, 4) is 0 Å². The maximum Gasteiger partial charge on any atom is 0.363 e. The lowest BCUT2D eigenvalue weighted by atomic mass is 10.0. The van der Waals surface area contributed by atoms with Crippen LogP contribution in [0.25, 0.3) is 6.08 Å². The summed E-state index contributed by atoms with van der Waals surface area (Å²) < 4.78 is 31.3. The highest BCUT2D eigenvalue weighted by molar-refractivity contribution is 6.12. The molecule has 1 aliphatic heterocycles. The predicted molar refractivity (Wildman–Crippen MR) is 82.9 cm³/mol. The van der Waals surface area contributed by atoms with Crippen LogP contribution in [0.15, 0.2) is 47.1 Å². The quantitative estimate of drug-likeness (QED) is 0.622. The van der Waals surface area contributed by atoms with Gasteiger partial charge >= 0.3 is 5.97 Å². The van der Waals surface area contributed by atoms with Crippen molar-refractivity contribution in [2.45, 2.75) is 13.8 Å². The van der Waals surface area contributed by atoms with Crippen molar-refractivity contribution in [1.29, 1.82) is 0 Å². The number of halogens is 2. The molecule has 3 nitrogen and oxygen atoms in total. The smallest absolute Gasteiger partial charge is 0.363 e. The molecule has 2 aromatic rings. The van der Waals surface area contributed by atoms with Crippen LogP contribution in [-0.2, 0) is 9.53 Å². The van der Waals surface area contributed by atoms with Crippen molar-refractivity contribution in [2.24, 2.45) is 4.99 Å². The molecule has 0 spiro atoms. The summed E-state index contributed by atoms with van der Waals surface area (Å²) in [7, 11) is 0. The fraction of sp³-hybridized carbons (Fsp3) is 0.111. The second kappa shape index (κ2) is 5.76. The number of nitrogens with zero attached hydrogens (tertiary/aromatic N) is 1. The number of hydrogen-bond donors (Lipinski definition) is 0. The standard InChI is InChI=1S/C18H13F2NO2/c1-10-3-4-11(2)13(7-10)9-16-18(22)23-17(21-16)12-5-6-14(19)15(20)8-12/h3-9H,1-2H3/b16-9+. The topological polar surface area (TPSA) is 38.7 Å². The summed E-state index contributed by atoms with van der Waals surface area (Å²) in [5.41, 5.74) is 3.23. The minimum absolute atomic E-state index is 0.0366. The summed E-state index contributed by atoms with van der Waals surface area (Å²) in [5.74, 6) is -2.64. The lowest BCUT2D eigenvalue weighted by Gasteiger charge is -2.01. The van der Waals surface area contributed by atoms with E-state index in [1.807, 2.05) is 32.0 Å². The van der Waals surface area contributed by atoms with E-state index in [0.717, 1.165) is 28.8 Å². The molecule has 0 atom stereocenters. The highest BCUT2D eigenvalue weighted by Crippen LogP contribution is 2.22. The van der Waals surface area contributed by atoms with Gasteiger partial charge in [-0.1, -0.05) is 23.8 Å². The molecule has 0 aliphatic carbocycles. The highest BCUT2D eigenvalue weighted by Gasteiger charge is 2.25. The maximum absolute atomic E-state index is 13.3. The SMILES string of the molecule is Cc1ccc(C)c(/C=C2/N=C(c3ccc(F)c(F)c3)OC2=O)c1. The zero-order valence-electron chi connectivity index (χ0n) is 12.6. The Bertz CT molecular complexity index is 869. The van der Waals surface area contributed by atoms with E-state index in [1.165, 1.54) is 6.07 Å². The summed E-state index contributed by atoms with van der Waals surface area (Å²) in [6, 6.07) is 9.07. The van der Waals surface area contributed by atoms with Crippen molar-refractivity contribution >= 4 is 17.9 Å². The summed E-state index contributed by atoms with van der Waals surface area (Å²) >= 11 is 0. The van der Waals surface area contributed by atoms with E-state index in [4.69, 9.17) is 4.74 Å². The Labute approximate surface area is 131 Å². The number of cyclic esters (lactones) is 1. The van der Waals surface area contributed by atoms with Gasteiger partial charge in [-0.3, -0.25) is 0 Å². The monoisotopic (exact) mass is 313 g/mol. The molecule has 0 bridgehead atoms. The zero-order chi connectivity index (χ0) is 16.6. The Hall–Kier alpha value is -2.82. The van der Waals surface area contributed by atoms with Crippen LogP contribution in [-0.4, -0.2) is 11.9 Å². The average Bonchev–Trinajstić information content (AvgIpc) is 2.87. The second-order valence-corrected chi connectivity index (χ2v) is 5.32. The number of carbonyl (C=O) groups excluding carboxylic acids is 1. The molecule has 2 aromatic carbocycles. The third-order valence-electron chi connectivity index (χ3n) is 3.51. The molecule has 116 valence electrons. The Morgan fingerprint density at radius 3 is 2.57 bits per heavy atom. The number of ether oxygens (including phenoxy) is 1. The molecule has 23 heavy (non-hydrogen) atoms. The van der Waals surface area contributed by atoms with E-state index >= 15 is 0 Å². The van der Waals surface area contributed by atoms with Gasteiger partial charge in [-0.05, 0) is 49.2 Å². The van der Waals surface area contributed by atoms with Crippen LogP contribution in [0.5, 0.6) is 0 Å². The molecular formula is C18H13F2NO2. The first-order chi connectivity index (χ1) is 10.9. The molecule has 0 fully saturated rings. The Morgan fingerprint density at radius 2 is 1.83 bits per heavy atom. The van der Waals surface area contributed by atoms with Crippen LogP contribution in [0.1, 0.15) is 22.3 Å². The van der Waals surface area contributed by atoms with Gasteiger partial charge in [0, 0.05) is 5.56 Å². The van der Waals surface area contributed by atoms with Gasteiger partial charge in [-0.15, -0.1) is 0 Å². The fourth-order valence-electron chi connectivity index (χ4n) is 2.22. The summed E-state index contributed by atoms with van der Waals surface area (Å²) in [6.45, 7) is 3.87. The maximum atomic E-state index is 13.3. The molecule has 0 radical (unpaired) electrons. The highest BCUT2D eigenvalue weighted by atomic mass is 19.2. The van der Waals surface area contributed by atoms with Gasteiger partial charge in [0.05, 0.1) is 0 Å². The molecule has 5 heteroatoms. The lowest BCUT2D eigenvalue weighted by molar-refractivity contribution is -0.129. The summed E-state index contributed by atoms with van der Waals surface area (Å²) in [5, 5.41) is 0. The first-order valence-corrected chi connectivity index (χ1v) is 6.99. The Balaban J connectivity index is 1.99. The van der Waals surface area contributed by atoms with E-state index in [0.29, 0.717) is 0 Å². The fourth-order valence-corrected chi connectivity index (χ4v) is 2.22. The van der Waals surface area contributed by atoms with E-state index in [2.05, 4.69) is 4.99 Å². The van der Waals surface area contributed by atoms with E-state index < -0.39 is 17.6 Å². The number of hydrogen-bond acceptors (Lipinski definition) is 3. The summed E-state index contributed by atoms with van der Waals surface area (Å²) in [4.78, 5) is 16.0. The molecule has 0 saturated heterocycles. The van der Waals surface area contributed by atoms with Crippen molar-refractivity contribution in [3.05, 3.63) is 76.0 Å². The van der Waals surface area contributed by atoms with Gasteiger partial charge in [0.2, 0.25) is 5.90 Å². The number of benzene rings is 2. The first-order valence-electron chi connectivity index (χ1n) is 6.99. The molecular weight excluding hydrogens is 300 g/mol. The predicted octanol–water partition coefficient (Wildman–Crippen LogP) is 3.93. The first kappa shape index (κ1) is 15.1. The Morgan fingerprint density at radius 1 is 1.04 bits per heavy atom. The Kier molecular flexibility index (Phi) is 3.78. The van der Waals surface area contributed by atoms with Crippen LogP contribution >= 0.6 is 0 Å². The number of esters is 1. The van der Waals surface area contributed by atoms with Crippen LogP contribution in [0.3, 0.4) is 0 Å². The van der Waals surface area contributed by atoms with Gasteiger partial charge in [-0.2, -0.15) is 0 Å². The van der Waals surface area contributed by atoms with Gasteiger partial charge in [0.1, 0.15) is 0 Å². The molecule has 0 N–H and O–H groups in total. The summed E-state index contributed by atoms with van der Waals surface area (Å²) in [6.07, 6.45) is 1.62. The molecule has 1 heterocycles. The number of carbonyl (C=O) groups is 1. The van der Waals surface area contributed by atoms with Crippen molar-refractivity contribution in [3.63, 3.8) is 0 Å². The van der Waals surface area contributed by atoms with E-state index in [9.17, 15) is 13.6 Å². The van der Waals surface area contributed by atoms with Crippen molar-refractivity contribution in [2.75, 3.05) is 0 Å².